The van der Waals surface area contributed by atoms with Gasteiger partial charge in [0.05, 0.1) is 21.7 Å². The summed E-state index contributed by atoms with van der Waals surface area (Å²) >= 11 is 3.31. The fourth-order valence-electron chi connectivity index (χ4n) is 3.28. The molecule has 0 fully saturated rings. The predicted octanol–water partition coefficient (Wildman–Crippen LogP) is 2.31. The minimum Gasteiger partial charge on any atom is -0.480 e. The van der Waals surface area contributed by atoms with Crippen LogP contribution < -0.4 is 10.1 Å². The van der Waals surface area contributed by atoms with E-state index < -0.39 is 15.8 Å². The van der Waals surface area contributed by atoms with Crippen LogP contribution in [-0.4, -0.2) is 46.2 Å². The summed E-state index contributed by atoms with van der Waals surface area (Å²) in [6.07, 6.45) is 5.14. The third-order valence-electron chi connectivity index (χ3n) is 4.56. The number of nitrogens with one attached hydrogen (secondary N) is 1. The molecule has 1 aliphatic rings. The molecule has 0 radical (unpaired) electrons. The Morgan fingerprint density at radius 1 is 1.45 bits per heavy atom. The van der Waals surface area contributed by atoms with Crippen LogP contribution in [0.4, 0.5) is 0 Å². The van der Waals surface area contributed by atoms with E-state index in [9.17, 15) is 13.2 Å². The van der Waals surface area contributed by atoms with Crippen molar-refractivity contribution < 1.29 is 23.1 Å². The Bertz CT molecular complexity index is 1010. The van der Waals surface area contributed by atoms with E-state index in [2.05, 4.69) is 31.3 Å². The first-order valence-corrected chi connectivity index (χ1v) is 11.7. The van der Waals surface area contributed by atoms with Gasteiger partial charge in [-0.2, -0.15) is 5.10 Å². The predicted molar refractivity (Wildman–Crippen MR) is 108 cm³/mol. The molecule has 2 aromatic rings. The van der Waals surface area contributed by atoms with E-state index >= 15 is 0 Å². The van der Waals surface area contributed by atoms with Crippen LogP contribution in [0.1, 0.15) is 44.0 Å². The van der Waals surface area contributed by atoms with E-state index in [0.717, 1.165) is 30.5 Å². The van der Waals surface area contributed by atoms with Gasteiger partial charge in [0.15, 0.2) is 9.84 Å². The van der Waals surface area contributed by atoms with Gasteiger partial charge in [-0.05, 0) is 55.1 Å². The van der Waals surface area contributed by atoms with Crippen molar-refractivity contribution in [2.75, 3.05) is 5.88 Å². The molecule has 0 spiro atoms. The average Bonchev–Trinajstić information content (AvgIpc) is 3.04. The highest BCUT2D eigenvalue weighted by molar-refractivity contribution is 9.10. The van der Waals surface area contributed by atoms with Crippen LogP contribution in [0.2, 0.25) is 0 Å². The maximum absolute atomic E-state index is 12.8. The molecule has 0 aliphatic heterocycles. The fraction of sp³-hybridized carbons (Fsp3) is 0.500. The number of aromatic nitrogens is 3. The van der Waals surface area contributed by atoms with Crippen LogP contribution in [0.15, 0.2) is 27.8 Å². The van der Waals surface area contributed by atoms with Crippen molar-refractivity contribution in [1.29, 1.82) is 0 Å². The quantitative estimate of drug-likeness (QED) is 0.582. The molecule has 2 heterocycles. The highest BCUT2D eigenvalue weighted by Gasteiger charge is 2.27. The van der Waals surface area contributed by atoms with Gasteiger partial charge in [0, 0.05) is 23.5 Å². The Kier molecular flexibility index (Phi) is 6.59. The van der Waals surface area contributed by atoms with Gasteiger partial charge in [-0.3, -0.25) is 14.8 Å². The number of sulfone groups is 1. The van der Waals surface area contributed by atoms with Gasteiger partial charge in [-0.15, -0.1) is 0 Å². The molecule has 158 valence electrons. The standard InChI is InChI=1S/C18H23BrN4O5S/c1-11(2)28-18-14(19)6-12(7-20-18)29(26,27)10-21-15-4-3-5-16-13(15)8-22-23(16)9-17(24)25/h6-8,11,15,21H,3-5,9-10H2,1-2H3,(H,24,25)/t15-/m1/s1. The zero-order chi connectivity index (χ0) is 21.2. The lowest BCUT2D eigenvalue weighted by Crippen LogP contribution is -2.30. The molecule has 0 aromatic carbocycles. The van der Waals surface area contributed by atoms with Gasteiger partial charge in [-0.1, -0.05) is 0 Å². The summed E-state index contributed by atoms with van der Waals surface area (Å²) in [6.45, 7) is 3.52. The Hall–Kier alpha value is -1.98. The lowest BCUT2D eigenvalue weighted by atomic mass is 9.93. The van der Waals surface area contributed by atoms with Crippen molar-refractivity contribution in [2.24, 2.45) is 0 Å². The van der Waals surface area contributed by atoms with Crippen molar-refractivity contribution in [3.63, 3.8) is 0 Å². The first-order chi connectivity index (χ1) is 13.7. The number of carboxylic acids is 1. The number of rotatable bonds is 8. The fourth-order valence-corrected chi connectivity index (χ4v) is 4.97. The number of hydrogen-bond donors (Lipinski definition) is 2. The summed E-state index contributed by atoms with van der Waals surface area (Å²) in [6, 6.07) is 1.29. The average molecular weight is 487 g/mol. The van der Waals surface area contributed by atoms with Gasteiger partial charge in [0.25, 0.3) is 0 Å². The number of ether oxygens (including phenoxy) is 1. The minimum atomic E-state index is -3.62. The molecular weight excluding hydrogens is 464 g/mol. The van der Waals surface area contributed by atoms with Crippen molar-refractivity contribution in [3.8, 4) is 5.88 Å². The Balaban J connectivity index is 1.72. The second-order valence-corrected chi connectivity index (χ2v) is 9.97. The normalized spacial score (nSPS) is 16.6. The summed E-state index contributed by atoms with van der Waals surface area (Å²) in [5.74, 6) is -0.883. The number of carboxylic acid groups (broad SMARTS) is 1. The Labute approximate surface area is 177 Å². The van der Waals surface area contributed by atoms with Gasteiger partial charge in [-0.25, -0.2) is 13.4 Å². The molecule has 1 atom stereocenters. The van der Waals surface area contributed by atoms with E-state index in [-0.39, 0.29) is 29.5 Å². The molecule has 29 heavy (non-hydrogen) atoms. The highest BCUT2D eigenvalue weighted by Crippen LogP contribution is 2.30. The summed E-state index contributed by atoms with van der Waals surface area (Å²) < 4.78 is 33.0. The van der Waals surface area contributed by atoms with Crippen molar-refractivity contribution in [3.05, 3.63) is 34.2 Å². The van der Waals surface area contributed by atoms with Crippen LogP contribution in [0.5, 0.6) is 5.88 Å². The number of pyridine rings is 1. The monoisotopic (exact) mass is 486 g/mol. The SMILES string of the molecule is CC(C)Oc1ncc(S(=O)(=O)CN[C@@H]2CCCc3c2cnn3CC(=O)O)cc1Br. The van der Waals surface area contributed by atoms with Crippen LogP contribution in [0, 0.1) is 0 Å². The van der Waals surface area contributed by atoms with Crippen LogP contribution >= 0.6 is 15.9 Å². The maximum Gasteiger partial charge on any atom is 0.325 e. The largest absolute Gasteiger partial charge is 0.480 e. The van der Waals surface area contributed by atoms with Crippen LogP contribution in [0.3, 0.4) is 0 Å². The molecule has 0 unspecified atom stereocenters. The van der Waals surface area contributed by atoms with Crippen LogP contribution in [0.25, 0.3) is 0 Å². The van der Waals surface area contributed by atoms with E-state index in [0.29, 0.717) is 10.4 Å². The first-order valence-electron chi connectivity index (χ1n) is 9.22. The second kappa shape index (κ2) is 8.80. The van der Waals surface area contributed by atoms with Crippen molar-refractivity contribution >= 4 is 31.7 Å². The second-order valence-electron chi connectivity index (χ2n) is 7.13. The molecule has 11 heteroatoms. The topological polar surface area (TPSA) is 123 Å². The Morgan fingerprint density at radius 2 is 2.21 bits per heavy atom. The van der Waals surface area contributed by atoms with E-state index in [1.165, 1.54) is 16.9 Å². The molecule has 0 saturated heterocycles. The van der Waals surface area contributed by atoms with Crippen LogP contribution in [-0.2, 0) is 27.6 Å². The number of aliphatic carboxylic acids is 1. The summed E-state index contributed by atoms with van der Waals surface area (Å²) in [4.78, 5) is 15.2. The molecule has 9 nitrogen and oxygen atoms in total. The smallest absolute Gasteiger partial charge is 0.325 e. The molecule has 1 aliphatic carbocycles. The molecule has 0 amide bonds. The summed E-state index contributed by atoms with van der Waals surface area (Å²) in [5, 5.41) is 16.2. The van der Waals surface area contributed by atoms with E-state index in [4.69, 9.17) is 9.84 Å². The molecule has 2 aromatic heterocycles. The number of hydrogen-bond acceptors (Lipinski definition) is 7. The lowest BCUT2D eigenvalue weighted by molar-refractivity contribution is -0.137. The molecule has 0 saturated carbocycles. The van der Waals surface area contributed by atoms with Gasteiger partial charge >= 0.3 is 5.97 Å². The molecular formula is C18H23BrN4O5S. The molecule has 3 rings (SSSR count). The number of fused-ring (bicyclic) bond motifs is 1. The van der Waals surface area contributed by atoms with Gasteiger partial charge in [0.2, 0.25) is 5.88 Å². The number of carbonyl (C=O) groups is 1. The van der Waals surface area contributed by atoms with Gasteiger partial charge < -0.3 is 9.84 Å². The number of nitrogens with zero attached hydrogens (tertiary/aromatic N) is 3. The highest BCUT2D eigenvalue weighted by atomic mass is 79.9. The third-order valence-corrected chi connectivity index (χ3v) is 6.61. The third kappa shape index (κ3) is 5.14. The maximum atomic E-state index is 12.8. The Morgan fingerprint density at radius 3 is 2.86 bits per heavy atom. The van der Waals surface area contributed by atoms with E-state index in [1.807, 2.05) is 13.8 Å². The van der Waals surface area contributed by atoms with Crippen molar-refractivity contribution in [2.45, 2.75) is 56.7 Å². The number of halogens is 1. The summed E-state index contributed by atoms with van der Waals surface area (Å²) in [7, 11) is -3.62. The minimum absolute atomic E-state index is 0.0783. The molecule has 2 N–H and O–H groups in total. The van der Waals surface area contributed by atoms with Crippen molar-refractivity contribution in [1.82, 2.24) is 20.1 Å². The van der Waals surface area contributed by atoms with E-state index in [1.54, 1.807) is 6.20 Å². The zero-order valence-electron chi connectivity index (χ0n) is 16.1. The van der Waals surface area contributed by atoms with Gasteiger partial charge in [0.1, 0.15) is 12.4 Å². The summed E-state index contributed by atoms with van der Waals surface area (Å²) in [5.41, 5.74) is 1.70. The lowest BCUT2D eigenvalue weighted by Gasteiger charge is -2.24. The first kappa shape index (κ1) is 21.7. The zero-order valence-corrected chi connectivity index (χ0v) is 18.5. The molecule has 0 bridgehead atoms.